The van der Waals surface area contributed by atoms with E-state index < -0.39 is 11.9 Å². The number of nitrogens with one attached hydrogen (secondary N) is 1. The van der Waals surface area contributed by atoms with Crippen molar-refractivity contribution in [1.82, 2.24) is 5.43 Å². The molecule has 74 valence electrons. The minimum absolute atomic E-state index is 0.218. The van der Waals surface area contributed by atoms with Crippen molar-refractivity contribution >= 4 is 17.8 Å². The van der Waals surface area contributed by atoms with Crippen LogP contribution in [0.1, 0.15) is 6.92 Å². The van der Waals surface area contributed by atoms with Crippen LogP contribution in [0.3, 0.4) is 0 Å². The molecule has 0 heterocycles. The Morgan fingerprint density at radius 3 is 1.46 bits per heavy atom. The lowest BCUT2D eigenvalue weighted by Gasteiger charge is -1.80. The predicted molar refractivity (Wildman–Crippen MR) is 42.4 cm³/mol. The molecule has 0 saturated heterocycles. The summed E-state index contributed by atoms with van der Waals surface area (Å²) >= 11 is 0. The predicted octanol–water partition coefficient (Wildman–Crippen LogP) is -1.29. The Morgan fingerprint density at radius 2 is 1.38 bits per heavy atom. The molecular weight excluding hydrogens is 180 g/mol. The standard InChI is InChI=1S/C4H4O4.C2H6N2O/c5-3(6)1-2-4(7)8;1-2(5)4-3/h1-2H,(H,5,6)(H,7,8);3H2,1H3,(H,4,5)/b2-1-;. The van der Waals surface area contributed by atoms with E-state index in [1.165, 1.54) is 6.92 Å². The highest BCUT2D eigenvalue weighted by Gasteiger charge is 1.88. The van der Waals surface area contributed by atoms with Gasteiger partial charge in [0.2, 0.25) is 5.91 Å². The maximum Gasteiger partial charge on any atom is 0.328 e. The first-order valence-corrected chi connectivity index (χ1v) is 3.01. The van der Waals surface area contributed by atoms with E-state index in [-0.39, 0.29) is 5.91 Å². The highest BCUT2D eigenvalue weighted by Crippen LogP contribution is 1.70. The topological polar surface area (TPSA) is 130 Å². The third-order valence-corrected chi connectivity index (χ3v) is 0.572. The Hall–Kier alpha value is -1.89. The fourth-order valence-electron chi connectivity index (χ4n) is 0.143. The van der Waals surface area contributed by atoms with Crippen molar-refractivity contribution in [3.05, 3.63) is 12.2 Å². The number of aliphatic carboxylic acids is 2. The molecule has 0 aromatic heterocycles. The molecule has 0 bridgehead atoms. The maximum atomic E-state index is 9.58. The minimum atomic E-state index is -1.26. The van der Waals surface area contributed by atoms with Gasteiger partial charge in [-0.3, -0.25) is 10.2 Å². The number of nitrogens with two attached hydrogens (primary N) is 1. The molecule has 1 amide bonds. The molecule has 0 rings (SSSR count). The summed E-state index contributed by atoms with van der Waals surface area (Å²) in [4.78, 5) is 28.7. The highest BCUT2D eigenvalue weighted by atomic mass is 16.4. The zero-order valence-electron chi connectivity index (χ0n) is 6.85. The largest absolute Gasteiger partial charge is 0.478 e. The second kappa shape index (κ2) is 8.21. The van der Waals surface area contributed by atoms with Gasteiger partial charge in [-0.15, -0.1) is 0 Å². The SMILES string of the molecule is CC(=O)NN.O=C(O)/C=C\C(=O)O. The second-order valence-corrected chi connectivity index (χ2v) is 1.71. The van der Waals surface area contributed by atoms with Crippen LogP contribution in [0.15, 0.2) is 12.2 Å². The molecule has 0 spiro atoms. The second-order valence-electron chi connectivity index (χ2n) is 1.71. The molecule has 0 aromatic rings. The van der Waals surface area contributed by atoms with Gasteiger partial charge in [0.05, 0.1) is 0 Å². The Kier molecular flexibility index (Phi) is 8.64. The quantitative estimate of drug-likeness (QED) is 0.185. The molecule has 0 aliphatic heterocycles. The Balaban J connectivity index is 0. The van der Waals surface area contributed by atoms with Crippen molar-refractivity contribution in [1.29, 1.82) is 0 Å². The van der Waals surface area contributed by atoms with Gasteiger partial charge in [-0.1, -0.05) is 0 Å². The molecule has 5 N–H and O–H groups in total. The van der Waals surface area contributed by atoms with Crippen LogP contribution in [0.25, 0.3) is 0 Å². The van der Waals surface area contributed by atoms with Crippen molar-refractivity contribution in [2.75, 3.05) is 0 Å². The van der Waals surface area contributed by atoms with Crippen LogP contribution in [0.4, 0.5) is 0 Å². The molecular formula is C6H10N2O5. The molecule has 0 aliphatic rings. The monoisotopic (exact) mass is 190 g/mol. The summed E-state index contributed by atoms with van der Waals surface area (Å²) in [6, 6.07) is 0. The molecule has 0 unspecified atom stereocenters. The summed E-state index contributed by atoms with van der Waals surface area (Å²) in [5.74, 6) is 1.84. The normalized spacial score (nSPS) is 8.46. The van der Waals surface area contributed by atoms with E-state index in [1.807, 2.05) is 5.43 Å². The highest BCUT2D eigenvalue weighted by molar-refractivity contribution is 5.89. The molecule has 7 heteroatoms. The van der Waals surface area contributed by atoms with Crippen molar-refractivity contribution in [3.63, 3.8) is 0 Å². The lowest BCUT2D eigenvalue weighted by molar-refractivity contribution is -0.134. The van der Waals surface area contributed by atoms with Gasteiger partial charge in [0.15, 0.2) is 0 Å². The smallest absolute Gasteiger partial charge is 0.328 e. The third-order valence-electron chi connectivity index (χ3n) is 0.572. The number of carbonyl (C=O) groups is 3. The average molecular weight is 190 g/mol. The number of rotatable bonds is 2. The Bertz CT molecular complexity index is 207. The van der Waals surface area contributed by atoms with Crippen LogP contribution in [0.2, 0.25) is 0 Å². The molecule has 0 aromatic carbocycles. The van der Waals surface area contributed by atoms with Crippen LogP contribution in [-0.2, 0) is 14.4 Å². The summed E-state index contributed by atoms with van der Waals surface area (Å²) in [5, 5.41) is 15.6. The minimum Gasteiger partial charge on any atom is -0.478 e. The molecule has 0 fully saturated rings. The first-order chi connectivity index (χ1) is 5.90. The van der Waals surface area contributed by atoms with Crippen LogP contribution in [0, 0.1) is 0 Å². The van der Waals surface area contributed by atoms with E-state index in [2.05, 4.69) is 5.84 Å². The number of amides is 1. The fraction of sp³-hybridized carbons (Fsp3) is 0.167. The van der Waals surface area contributed by atoms with Crippen molar-refractivity contribution in [2.45, 2.75) is 6.92 Å². The third kappa shape index (κ3) is 25.5. The van der Waals surface area contributed by atoms with E-state index in [9.17, 15) is 14.4 Å². The average Bonchev–Trinajstić information content (AvgIpc) is 2.02. The Morgan fingerprint density at radius 1 is 1.15 bits per heavy atom. The number of carboxylic acid groups (broad SMARTS) is 2. The summed E-state index contributed by atoms with van der Waals surface area (Å²) < 4.78 is 0. The lowest BCUT2D eigenvalue weighted by Crippen LogP contribution is -2.26. The first-order valence-electron chi connectivity index (χ1n) is 3.01. The van der Waals surface area contributed by atoms with Crippen LogP contribution >= 0.6 is 0 Å². The zero-order valence-corrected chi connectivity index (χ0v) is 6.85. The summed E-state index contributed by atoms with van der Waals surface area (Å²) in [7, 11) is 0. The molecule has 0 atom stereocenters. The molecule has 13 heavy (non-hydrogen) atoms. The number of carbonyl (C=O) groups excluding carboxylic acids is 1. The first kappa shape index (κ1) is 13.7. The maximum absolute atomic E-state index is 9.58. The number of hydrazine groups is 1. The molecule has 0 aliphatic carbocycles. The van der Waals surface area contributed by atoms with Crippen LogP contribution < -0.4 is 11.3 Å². The van der Waals surface area contributed by atoms with Crippen molar-refractivity contribution in [2.24, 2.45) is 5.84 Å². The van der Waals surface area contributed by atoms with Crippen molar-refractivity contribution in [3.8, 4) is 0 Å². The van der Waals surface area contributed by atoms with E-state index in [4.69, 9.17) is 10.2 Å². The van der Waals surface area contributed by atoms with Gasteiger partial charge in [-0.05, 0) is 0 Å². The van der Waals surface area contributed by atoms with Gasteiger partial charge >= 0.3 is 11.9 Å². The number of hydrogen-bond acceptors (Lipinski definition) is 4. The molecule has 0 saturated carbocycles. The van der Waals surface area contributed by atoms with Crippen LogP contribution in [-0.4, -0.2) is 28.1 Å². The summed E-state index contributed by atoms with van der Waals surface area (Å²) in [6.07, 6.45) is 1.12. The van der Waals surface area contributed by atoms with E-state index in [1.54, 1.807) is 0 Å². The van der Waals surface area contributed by atoms with Gasteiger partial charge in [-0.2, -0.15) is 0 Å². The van der Waals surface area contributed by atoms with Gasteiger partial charge in [-0.25, -0.2) is 15.4 Å². The summed E-state index contributed by atoms with van der Waals surface area (Å²) in [6.45, 7) is 1.35. The number of carboxylic acids is 2. The van der Waals surface area contributed by atoms with Crippen molar-refractivity contribution < 1.29 is 24.6 Å². The van der Waals surface area contributed by atoms with E-state index in [0.29, 0.717) is 12.2 Å². The summed E-state index contributed by atoms with van der Waals surface area (Å²) in [5.41, 5.74) is 1.89. The van der Waals surface area contributed by atoms with Gasteiger partial charge in [0.1, 0.15) is 0 Å². The van der Waals surface area contributed by atoms with E-state index >= 15 is 0 Å². The fourth-order valence-corrected chi connectivity index (χ4v) is 0.143. The van der Waals surface area contributed by atoms with E-state index in [0.717, 1.165) is 0 Å². The molecule has 0 radical (unpaired) electrons. The van der Waals surface area contributed by atoms with Gasteiger partial charge in [0, 0.05) is 19.1 Å². The lowest BCUT2D eigenvalue weighted by atomic mass is 10.5. The molecule has 7 nitrogen and oxygen atoms in total. The zero-order chi connectivity index (χ0) is 10.9. The van der Waals surface area contributed by atoms with Gasteiger partial charge < -0.3 is 10.2 Å². The van der Waals surface area contributed by atoms with Gasteiger partial charge in [0.25, 0.3) is 0 Å². The number of hydrogen-bond donors (Lipinski definition) is 4. The Labute approximate surface area is 73.8 Å². The van der Waals surface area contributed by atoms with Crippen LogP contribution in [0.5, 0.6) is 0 Å².